The number of hydrogen-bond donors (Lipinski definition) is 0. The Bertz CT molecular complexity index is 1240. The Morgan fingerprint density at radius 3 is 2.45 bits per heavy atom. The molecule has 4 rings (SSSR count). The third-order valence-corrected chi connectivity index (χ3v) is 6.89. The lowest BCUT2D eigenvalue weighted by molar-refractivity contribution is -0.132. The van der Waals surface area contributed by atoms with Crippen LogP contribution in [-0.2, 0) is 4.79 Å². The van der Waals surface area contributed by atoms with Crippen molar-refractivity contribution in [3.63, 3.8) is 0 Å². The fraction of sp³-hybridized carbons (Fsp3) is 0.379. The van der Waals surface area contributed by atoms with Gasteiger partial charge in [-0.2, -0.15) is 0 Å². The summed E-state index contributed by atoms with van der Waals surface area (Å²) in [5.41, 5.74) is 1.93. The van der Waals surface area contributed by atoms with E-state index in [-0.39, 0.29) is 29.8 Å². The minimum Gasteiger partial charge on any atom is -0.497 e. The topological polar surface area (TPSA) is 78.9 Å². The predicted molar refractivity (Wildman–Crippen MR) is 145 cm³/mol. The molecule has 0 spiro atoms. The molecule has 0 N–H and O–H groups in total. The van der Waals surface area contributed by atoms with E-state index in [9.17, 15) is 14.0 Å². The lowest BCUT2D eigenvalue weighted by Crippen LogP contribution is -2.52. The van der Waals surface area contributed by atoms with Gasteiger partial charge in [-0.05, 0) is 48.4 Å². The molecule has 2 heterocycles. The maximum atomic E-state index is 13.7. The van der Waals surface area contributed by atoms with E-state index in [0.717, 1.165) is 29.2 Å². The molecule has 1 fully saturated rings. The molecule has 0 aliphatic carbocycles. The van der Waals surface area contributed by atoms with E-state index in [1.165, 1.54) is 18.2 Å². The predicted octanol–water partition coefficient (Wildman–Crippen LogP) is 4.13. The molecule has 9 heteroatoms. The Labute approximate surface area is 223 Å². The number of benzene rings is 2. The van der Waals surface area contributed by atoms with Crippen molar-refractivity contribution >= 4 is 17.6 Å². The van der Waals surface area contributed by atoms with E-state index in [1.807, 2.05) is 50.2 Å². The van der Waals surface area contributed by atoms with Crippen LogP contribution in [0.2, 0.25) is 0 Å². The molecule has 0 saturated carbocycles. The summed E-state index contributed by atoms with van der Waals surface area (Å²) < 4.78 is 19.0. The fourth-order valence-electron chi connectivity index (χ4n) is 4.41. The molecule has 2 amide bonds. The van der Waals surface area contributed by atoms with E-state index in [4.69, 9.17) is 4.74 Å². The van der Waals surface area contributed by atoms with Gasteiger partial charge >= 0.3 is 0 Å². The maximum absolute atomic E-state index is 13.7. The highest BCUT2D eigenvalue weighted by Crippen LogP contribution is 2.23. The second-order valence-electron chi connectivity index (χ2n) is 9.59. The van der Waals surface area contributed by atoms with Gasteiger partial charge < -0.3 is 19.4 Å². The Hall–Kier alpha value is -4.01. The number of hydrogen-bond acceptors (Lipinski definition) is 6. The van der Waals surface area contributed by atoms with Crippen LogP contribution in [0.5, 0.6) is 5.75 Å². The highest BCUT2D eigenvalue weighted by molar-refractivity contribution is 5.96. The Morgan fingerprint density at radius 1 is 1.03 bits per heavy atom. The SMILES string of the molecule is CC[C@@H](C)CN(CC(=O)N1CCN(c2ccc(-c3cccc(OC)c3)nn2)CC1)C(=O)c1cccc(F)c1. The first kappa shape index (κ1) is 27.0. The van der Waals surface area contributed by atoms with Crippen molar-refractivity contribution in [2.45, 2.75) is 20.3 Å². The van der Waals surface area contributed by atoms with E-state index >= 15 is 0 Å². The van der Waals surface area contributed by atoms with Gasteiger partial charge in [-0.25, -0.2) is 4.39 Å². The van der Waals surface area contributed by atoms with Crippen molar-refractivity contribution in [2.75, 3.05) is 51.3 Å². The summed E-state index contributed by atoms with van der Waals surface area (Å²) in [4.78, 5) is 31.7. The zero-order valence-electron chi connectivity index (χ0n) is 22.1. The smallest absolute Gasteiger partial charge is 0.254 e. The first-order valence-electron chi connectivity index (χ1n) is 12.9. The van der Waals surface area contributed by atoms with Crippen LogP contribution >= 0.6 is 0 Å². The summed E-state index contributed by atoms with van der Waals surface area (Å²) in [6.45, 7) is 6.75. The van der Waals surface area contributed by atoms with Gasteiger partial charge in [-0.15, -0.1) is 10.2 Å². The standard InChI is InChI=1S/C29H34FN5O3/c1-4-21(2)19-35(29(37)23-8-5-9-24(30)17-23)20-28(36)34-15-13-33(14-16-34)27-12-11-26(31-32-27)22-7-6-10-25(18-22)38-3/h5-12,17-18,21H,4,13-16,19-20H2,1-3H3/t21-/m1/s1. The minimum atomic E-state index is -0.471. The quantitative estimate of drug-likeness (QED) is 0.423. The van der Waals surface area contributed by atoms with Crippen molar-refractivity contribution in [1.29, 1.82) is 0 Å². The van der Waals surface area contributed by atoms with Crippen LogP contribution in [0.1, 0.15) is 30.6 Å². The summed E-state index contributed by atoms with van der Waals surface area (Å²) >= 11 is 0. The molecule has 1 atom stereocenters. The number of nitrogens with zero attached hydrogens (tertiary/aromatic N) is 5. The molecular formula is C29H34FN5O3. The van der Waals surface area contributed by atoms with E-state index in [0.29, 0.717) is 32.7 Å². The molecule has 1 aromatic heterocycles. The summed E-state index contributed by atoms with van der Waals surface area (Å²) in [7, 11) is 1.63. The van der Waals surface area contributed by atoms with Crippen molar-refractivity contribution in [3.8, 4) is 17.0 Å². The van der Waals surface area contributed by atoms with Gasteiger partial charge in [0.05, 0.1) is 12.8 Å². The molecule has 38 heavy (non-hydrogen) atoms. The zero-order chi connectivity index (χ0) is 27.1. The average molecular weight is 520 g/mol. The van der Waals surface area contributed by atoms with Gasteiger partial charge in [0.2, 0.25) is 5.91 Å². The van der Waals surface area contributed by atoms with E-state index in [1.54, 1.807) is 23.0 Å². The molecule has 1 aliphatic rings. The molecule has 2 aromatic carbocycles. The number of methoxy groups -OCH3 is 1. The average Bonchev–Trinajstić information content (AvgIpc) is 2.96. The monoisotopic (exact) mass is 519 g/mol. The largest absolute Gasteiger partial charge is 0.497 e. The minimum absolute atomic E-state index is 0.0330. The van der Waals surface area contributed by atoms with Crippen molar-refractivity contribution in [1.82, 2.24) is 20.0 Å². The number of piperazine rings is 1. The molecule has 3 aromatic rings. The van der Waals surface area contributed by atoms with Crippen LogP contribution < -0.4 is 9.64 Å². The molecule has 0 bridgehead atoms. The van der Waals surface area contributed by atoms with Crippen LogP contribution in [0.4, 0.5) is 10.2 Å². The number of carbonyl (C=O) groups excluding carboxylic acids is 2. The van der Waals surface area contributed by atoms with Crippen LogP contribution in [0.3, 0.4) is 0 Å². The summed E-state index contributed by atoms with van der Waals surface area (Å²) in [6.07, 6.45) is 0.872. The molecule has 200 valence electrons. The molecule has 0 radical (unpaired) electrons. The van der Waals surface area contributed by atoms with Crippen molar-refractivity contribution < 1.29 is 18.7 Å². The van der Waals surface area contributed by atoms with Gasteiger partial charge in [-0.3, -0.25) is 9.59 Å². The third kappa shape index (κ3) is 6.65. The molecular weight excluding hydrogens is 485 g/mol. The van der Waals surface area contributed by atoms with Crippen LogP contribution in [0, 0.1) is 11.7 Å². The Morgan fingerprint density at radius 2 is 1.79 bits per heavy atom. The number of aromatic nitrogens is 2. The van der Waals surface area contributed by atoms with Gasteiger partial charge in [0.1, 0.15) is 18.1 Å². The number of carbonyl (C=O) groups is 2. The van der Waals surface area contributed by atoms with Crippen LogP contribution in [0.15, 0.2) is 60.7 Å². The summed E-state index contributed by atoms with van der Waals surface area (Å²) in [5, 5.41) is 8.79. The maximum Gasteiger partial charge on any atom is 0.254 e. The van der Waals surface area contributed by atoms with E-state index < -0.39 is 5.82 Å². The third-order valence-electron chi connectivity index (χ3n) is 6.89. The molecule has 8 nitrogen and oxygen atoms in total. The van der Waals surface area contributed by atoms with Gasteiger partial charge in [-0.1, -0.05) is 38.5 Å². The fourth-order valence-corrected chi connectivity index (χ4v) is 4.41. The normalized spacial score (nSPS) is 14.2. The summed E-state index contributed by atoms with van der Waals surface area (Å²) in [5.74, 6) is 0.815. The van der Waals surface area contributed by atoms with Crippen molar-refractivity contribution in [2.24, 2.45) is 5.92 Å². The number of amides is 2. The van der Waals surface area contributed by atoms with E-state index in [2.05, 4.69) is 15.1 Å². The lowest BCUT2D eigenvalue weighted by atomic mass is 10.1. The zero-order valence-corrected chi connectivity index (χ0v) is 22.1. The van der Waals surface area contributed by atoms with Crippen molar-refractivity contribution in [3.05, 3.63) is 72.0 Å². The number of anilines is 1. The second kappa shape index (κ2) is 12.5. The van der Waals surface area contributed by atoms with Gasteiger partial charge in [0, 0.05) is 43.9 Å². The first-order valence-corrected chi connectivity index (χ1v) is 12.9. The lowest BCUT2D eigenvalue weighted by Gasteiger charge is -2.36. The second-order valence-corrected chi connectivity index (χ2v) is 9.59. The van der Waals surface area contributed by atoms with Gasteiger partial charge in [0.15, 0.2) is 5.82 Å². The number of halogens is 1. The number of ether oxygens (including phenoxy) is 1. The Kier molecular flexibility index (Phi) is 8.89. The molecule has 1 saturated heterocycles. The van der Waals surface area contributed by atoms with Crippen LogP contribution in [0.25, 0.3) is 11.3 Å². The molecule has 1 aliphatic heterocycles. The van der Waals surface area contributed by atoms with Crippen LogP contribution in [-0.4, -0.2) is 78.2 Å². The number of rotatable bonds is 9. The molecule has 0 unspecified atom stereocenters. The first-order chi connectivity index (χ1) is 18.4. The summed E-state index contributed by atoms with van der Waals surface area (Å²) in [6, 6.07) is 17.1. The highest BCUT2D eigenvalue weighted by atomic mass is 19.1. The Balaban J connectivity index is 1.36. The van der Waals surface area contributed by atoms with Gasteiger partial charge in [0.25, 0.3) is 5.91 Å². The highest BCUT2D eigenvalue weighted by Gasteiger charge is 2.27.